The molecule has 0 aromatic carbocycles. The molecule has 1 amide bonds. The van der Waals surface area contributed by atoms with Crippen LogP contribution in [0.4, 0.5) is 0 Å². The molecule has 0 radical (unpaired) electrons. The van der Waals surface area contributed by atoms with Crippen LogP contribution in [0.1, 0.15) is 26.7 Å². The van der Waals surface area contributed by atoms with Crippen molar-refractivity contribution in [1.29, 1.82) is 0 Å². The predicted molar refractivity (Wildman–Crippen MR) is 54.5 cm³/mol. The largest absolute Gasteiger partial charge is 0.272 e. The van der Waals surface area contributed by atoms with E-state index < -0.39 is 0 Å². The van der Waals surface area contributed by atoms with Crippen molar-refractivity contribution >= 4 is 22.7 Å². The van der Waals surface area contributed by atoms with Gasteiger partial charge >= 0.3 is 0 Å². The van der Waals surface area contributed by atoms with Gasteiger partial charge < -0.3 is 0 Å². The topological polar surface area (TPSA) is 41.5 Å². The van der Waals surface area contributed by atoms with Gasteiger partial charge in [0.2, 0.25) is 5.91 Å². The second-order valence-corrected chi connectivity index (χ2v) is 5.50. The Hall–Kier alpha value is -0.510. The first-order valence-electron chi connectivity index (χ1n) is 4.72. The van der Waals surface area contributed by atoms with Gasteiger partial charge in [-0.05, 0) is 18.8 Å². The van der Waals surface area contributed by atoms with Gasteiger partial charge in [0.15, 0.2) is 0 Å². The van der Waals surface area contributed by atoms with Gasteiger partial charge in [-0.1, -0.05) is 13.8 Å². The van der Waals surface area contributed by atoms with E-state index in [9.17, 15) is 4.79 Å². The van der Waals surface area contributed by atoms with Crippen LogP contribution in [0.25, 0.3) is 0 Å². The number of nitrogens with one attached hydrogen (secondary N) is 1. The van der Waals surface area contributed by atoms with Crippen molar-refractivity contribution in [2.45, 2.75) is 31.9 Å². The molecule has 4 heteroatoms. The van der Waals surface area contributed by atoms with Crippen molar-refractivity contribution in [3.05, 3.63) is 0 Å². The molecule has 13 heavy (non-hydrogen) atoms. The van der Waals surface area contributed by atoms with E-state index in [-0.39, 0.29) is 11.8 Å². The molecule has 1 N–H and O–H groups in total. The van der Waals surface area contributed by atoms with E-state index in [4.69, 9.17) is 0 Å². The van der Waals surface area contributed by atoms with Gasteiger partial charge in [-0.3, -0.25) is 4.79 Å². The highest BCUT2D eigenvalue weighted by Crippen LogP contribution is 2.41. The zero-order valence-corrected chi connectivity index (χ0v) is 8.73. The van der Waals surface area contributed by atoms with E-state index in [2.05, 4.69) is 24.4 Å². The van der Waals surface area contributed by atoms with Crippen LogP contribution in [0.2, 0.25) is 0 Å². The summed E-state index contributed by atoms with van der Waals surface area (Å²) in [7, 11) is 0. The number of amides is 1. The fourth-order valence-corrected chi connectivity index (χ4v) is 2.58. The molecular weight excluding hydrogens is 184 g/mol. The molecule has 1 unspecified atom stereocenters. The van der Waals surface area contributed by atoms with Crippen LogP contribution in [0.15, 0.2) is 5.10 Å². The minimum absolute atomic E-state index is 0.0763. The number of rotatable bonds is 2. The smallest absolute Gasteiger partial charge is 0.250 e. The van der Waals surface area contributed by atoms with Crippen LogP contribution in [0.5, 0.6) is 0 Å². The van der Waals surface area contributed by atoms with E-state index in [0.29, 0.717) is 11.2 Å². The molecule has 0 spiro atoms. The van der Waals surface area contributed by atoms with Crippen LogP contribution in [0, 0.1) is 11.8 Å². The highest BCUT2D eigenvalue weighted by molar-refractivity contribution is 8.14. The van der Waals surface area contributed by atoms with Gasteiger partial charge in [0.25, 0.3) is 0 Å². The lowest BCUT2D eigenvalue weighted by Crippen LogP contribution is -2.24. The molecule has 1 aliphatic carbocycles. The Morgan fingerprint density at radius 3 is 2.77 bits per heavy atom. The number of carbonyl (C=O) groups is 1. The molecule has 3 nitrogen and oxygen atoms in total. The minimum Gasteiger partial charge on any atom is -0.272 e. The van der Waals surface area contributed by atoms with Crippen LogP contribution in [0.3, 0.4) is 0 Å². The van der Waals surface area contributed by atoms with Gasteiger partial charge in [0, 0.05) is 5.25 Å². The highest BCUT2D eigenvalue weighted by atomic mass is 32.2. The molecule has 0 aromatic heterocycles. The van der Waals surface area contributed by atoms with Crippen molar-refractivity contribution in [3.63, 3.8) is 0 Å². The van der Waals surface area contributed by atoms with Crippen molar-refractivity contribution in [2.24, 2.45) is 16.9 Å². The Balaban J connectivity index is 2.04. The summed E-state index contributed by atoms with van der Waals surface area (Å²) in [5.41, 5.74) is 2.57. The van der Waals surface area contributed by atoms with Crippen molar-refractivity contribution in [3.8, 4) is 0 Å². The van der Waals surface area contributed by atoms with Crippen LogP contribution in [-0.2, 0) is 4.79 Å². The second-order valence-electron chi connectivity index (χ2n) is 3.91. The van der Waals surface area contributed by atoms with Gasteiger partial charge in [-0.25, -0.2) is 5.43 Å². The second kappa shape index (κ2) is 3.33. The lowest BCUT2D eigenvalue weighted by Gasteiger charge is -2.09. The molecule has 2 aliphatic rings. The Kier molecular flexibility index (Phi) is 2.32. The van der Waals surface area contributed by atoms with Crippen molar-refractivity contribution < 1.29 is 4.79 Å². The first-order valence-corrected chi connectivity index (χ1v) is 5.60. The molecule has 72 valence electrons. The summed E-state index contributed by atoms with van der Waals surface area (Å²) < 4.78 is 0. The lowest BCUT2D eigenvalue weighted by atomic mass is 10.1. The van der Waals surface area contributed by atoms with Gasteiger partial charge in [-0.15, -0.1) is 11.8 Å². The van der Waals surface area contributed by atoms with Crippen molar-refractivity contribution in [1.82, 2.24) is 5.43 Å². The number of hydrogen-bond acceptors (Lipinski definition) is 3. The van der Waals surface area contributed by atoms with E-state index in [1.165, 1.54) is 12.8 Å². The highest BCUT2D eigenvalue weighted by Gasteiger charge is 2.42. The standard InChI is InChI=1S/C9H14N2OS/c1-5(2)13-9-7(6-3-4-6)8(12)10-11-9/h5-7H,3-4H2,1-2H3,(H,10,12). The normalized spacial score (nSPS) is 27.8. The van der Waals surface area contributed by atoms with Gasteiger partial charge in [0.1, 0.15) is 5.04 Å². The zero-order valence-electron chi connectivity index (χ0n) is 7.91. The van der Waals surface area contributed by atoms with E-state index in [1.807, 2.05) is 0 Å². The summed E-state index contributed by atoms with van der Waals surface area (Å²) in [6, 6.07) is 0. The average Bonchev–Trinajstić information content (AvgIpc) is 2.79. The Bertz CT molecular complexity index is 258. The molecule has 1 saturated carbocycles. The van der Waals surface area contributed by atoms with E-state index in [0.717, 1.165) is 5.04 Å². The number of carbonyl (C=O) groups excluding carboxylic acids is 1. The Morgan fingerprint density at radius 2 is 2.23 bits per heavy atom. The summed E-state index contributed by atoms with van der Waals surface area (Å²) in [4.78, 5) is 11.4. The fourth-order valence-electron chi connectivity index (χ4n) is 1.55. The Labute approximate surface area is 82.3 Å². The molecular formula is C9H14N2OS. The zero-order chi connectivity index (χ0) is 9.42. The molecule has 0 saturated heterocycles. The summed E-state index contributed by atoms with van der Waals surface area (Å²) in [6.07, 6.45) is 2.38. The average molecular weight is 198 g/mol. The van der Waals surface area contributed by atoms with E-state index in [1.54, 1.807) is 11.8 Å². The van der Waals surface area contributed by atoms with Crippen LogP contribution in [-0.4, -0.2) is 16.2 Å². The molecule has 0 bridgehead atoms. The number of nitrogens with zero attached hydrogens (tertiary/aromatic N) is 1. The first-order chi connectivity index (χ1) is 6.18. The molecule has 1 fully saturated rings. The van der Waals surface area contributed by atoms with Crippen LogP contribution >= 0.6 is 11.8 Å². The Morgan fingerprint density at radius 1 is 1.54 bits per heavy atom. The molecule has 1 heterocycles. The van der Waals surface area contributed by atoms with Gasteiger partial charge in [-0.2, -0.15) is 5.10 Å². The maximum atomic E-state index is 11.4. The monoisotopic (exact) mass is 198 g/mol. The molecule has 2 rings (SSSR count). The summed E-state index contributed by atoms with van der Waals surface area (Å²) in [5.74, 6) is 0.755. The van der Waals surface area contributed by atoms with Crippen LogP contribution < -0.4 is 5.43 Å². The third-order valence-corrected chi connectivity index (χ3v) is 3.33. The summed E-state index contributed by atoms with van der Waals surface area (Å²) >= 11 is 1.71. The van der Waals surface area contributed by atoms with Gasteiger partial charge in [0.05, 0.1) is 5.92 Å². The summed E-state index contributed by atoms with van der Waals surface area (Å²) in [5, 5.41) is 5.59. The third kappa shape index (κ3) is 1.88. The SMILES string of the molecule is CC(C)SC1=NNC(=O)C1C1CC1. The predicted octanol–water partition coefficient (Wildman–Crippen LogP) is 1.60. The number of hydrazone groups is 1. The summed E-state index contributed by atoms with van der Waals surface area (Å²) in [6.45, 7) is 4.25. The maximum Gasteiger partial charge on any atom is 0.250 e. The first kappa shape index (κ1) is 9.06. The lowest BCUT2D eigenvalue weighted by molar-refractivity contribution is -0.122. The number of thioether (sulfide) groups is 1. The van der Waals surface area contributed by atoms with E-state index >= 15 is 0 Å². The van der Waals surface area contributed by atoms with Crippen molar-refractivity contribution in [2.75, 3.05) is 0 Å². The molecule has 1 atom stereocenters. The third-order valence-electron chi connectivity index (χ3n) is 2.27. The molecule has 0 aromatic rings. The number of hydrogen-bond donors (Lipinski definition) is 1. The quantitative estimate of drug-likeness (QED) is 0.732. The molecule has 1 aliphatic heterocycles. The fraction of sp³-hybridized carbons (Fsp3) is 0.778. The minimum atomic E-state index is 0.0763. The maximum absolute atomic E-state index is 11.4.